The number of amides is 1. The first kappa shape index (κ1) is 19.6. The summed E-state index contributed by atoms with van der Waals surface area (Å²) in [6, 6.07) is 14.1. The molecule has 0 saturated carbocycles. The van der Waals surface area contributed by atoms with Crippen LogP contribution in [-0.4, -0.2) is 29.5 Å². The molecular weight excluding hydrogens is 385 g/mol. The molecule has 154 valence electrons. The molecule has 7 nitrogen and oxygen atoms in total. The number of aromatic nitrogens is 2. The van der Waals surface area contributed by atoms with Crippen LogP contribution >= 0.6 is 0 Å². The molecule has 0 bridgehead atoms. The Morgan fingerprint density at radius 1 is 1.17 bits per heavy atom. The molecule has 0 spiro atoms. The number of rotatable bonds is 6. The highest BCUT2D eigenvalue weighted by atomic mass is 19.1. The van der Waals surface area contributed by atoms with Crippen molar-refractivity contribution in [3.8, 4) is 5.75 Å². The highest BCUT2D eigenvalue weighted by Crippen LogP contribution is 2.29. The number of likely N-dealkylation sites (N-methyl/N-ethyl adjacent to an activating group) is 1. The molecule has 1 amide bonds. The van der Waals surface area contributed by atoms with Crippen molar-refractivity contribution in [2.45, 2.75) is 20.1 Å². The van der Waals surface area contributed by atoms with E-state index in [2.05, 4.69) is 20.6 Å². The van der Waals surface area contributed by atoms with E-state index < -0.39 is 0 Å². The number of nitrogens with one attached hydrogen (secondary N) is 2. The summed E-state index contributed by atoms with van der Waals surface area (Å²) in [5.41, 5.74) is 2.90. The zero-order valence-electron chi connectivity index (χ0n) is 16.8. The molecule has 1 aliphatic heterocycles. The Morgan fingerprint density at radius 2 is 1.93 bits per heavy atom. The quantitative estimate of drug-likeness (QED) is 0.651. The molecule has 1 aliphatic rings. The molecule has 4 rings (SSSR count). The normalized spacial score (nSPS) is 12.9. The fraction of sp³-hybridized carbons (Fsp3) is 0.227. The van der Waals surface area contributed by atoms with Gasteiger partial charge in [-0.25, -0.2) is 9.37 Å². The van der Waals surface area contributed by atoms with Crippen molar-refractivity contribution in [3.63, 3.8) is 0 Å². The van der Waals surface area contributed by atoms with Crippen LogP contribution in [0.15, 0.2) is 48.5 Å². The number of halogens is 1. The topological polar surface area (TPSA) is 79.4 Å². The number of aryl methyl sites for hydroxylation is 1. The molecule has 8 heteroatoms. The minimum absolute atomic E-state index is 0.0743. The van der Waals surface area contributed by atoms with Gasteiger partial charge in [-0.1, -0.05) is 30.3 Å². The maximum atomic E-state index is 13.7. The zero-order chi connectivity index (χ0) is 21.1. The van der Waals surface area contributed by atoms with E-state index in [1.54, 1.807) is 23.1 Å². The number of benzene rings is 2. The van der Waals surface area contributed by atoms with Crippen molar-refractivity contribution in [1.29, 1.82) is 0 Å². The van der Waals surface area contributed by atoms with Crippen molar-refractivity contribution in [3.05, 3.63) is 71.2 Å². The molecule has 0 atom stereocenters. The Kier molecular flexibility index (Phi) is 5.47. The Hall–Kier alpha value is -3.68. The largest absolute Gasteiger partial charge is 0.489 e. The lowest BCUT2D eigenvalue weighted by Crippen LogP contribution is -2.36. The first-order valence-corrected chi connectivity index (χ1v) is 9.58. The Bertz CT molecular complexity index is 1070. The van der Waals surface area contributed by atoms with Gasteiger partial charge in [0, 0.05) is 19.2 Å². The minimum atomic E-state index is -0.274. The average molecular weight is 407 g/mol. The van der Waals surface area contributed by atoms with Crippen LogP contribution in [0.25, 0.3) is 0 Å². The summed E-state index contributed by atoms with van der Waals surface area (Å²) in [4.78, 5) is 22.5. The molecule has 1 aromatic heterocycles. The highest BCUT2D eigenvalue weighted by Gasteiger charge is 2.23. The number of nitrogens with zero attached hydrogens (tertiary/aromatic N) is 3. The number of fused-ring (bicyclic) bond motifs is 1. The summed E-state index contributed by atoms with van der Waals surface area (Å²) in [7, 11) is 1.83. The van der Waals surface area contributed by atoms with E-state index in [9.17, 15) is 9.18 Å². The molecule has 0 aliphatic carbocycles. The summed E-state index contributed by atoms with van der Waals surface area (Å²) < 4.78 is 19.3. The van der Waals surface area contributed by atoms with E-state index in [0.29, 0.717) is 41.0 Å². The molecule has 2 aromatic carbocycles. The maximum Gasteiger partial charge on any atom is 0.244 e. The minimum Gasteiger partial charge on any atom is -0.489 e. The van der Waals surface area contributed by atoms with E-state index in [4.69, 9.17) is 4.74 Å². The van der Waals surface area contributed by atoms with Crippen LogP contribution in [0.4, 0.5) is 21.8 Å². The molecule has 0 fully saturated rings. The standard InChI is InChI=1S/C22H22FN5O2/c1-14-20-21(28(2)12-19(29)26-20)27-22(25-14)24-11-15-7-9-17(10-8-15)30-13-16-5-3-4-6-18(16)23/h3-10H,11-13H2,1-2H3,(H,26,29)(H,24,25,27). The average Bonchev–Trinajstić information content (AvgIpc) is 2.73. The summed E-state index contributed by atoms with van der Waals surface area (Å²) >= 11 is 0. The fourth-order valence-electron chi connectivity index (χ4n) is 3.19. The van der Waals surface area contributed by atoms with Gasteiger partial charge in [-0.15, -0.1) is 0 Å². The van der Waals surface area contributed by atoms with E-state index >= 15 is 0 Å². The van der Waals surface area contributed by atoms with Crippen LogP contribution in [-0.2, 0) is 17.9 Å². The van der Waals surface area contributed by atoms with Gasteiger partial charge < -0.3 is 20.3 Å². The van der Waals surface area contributed by atoms with E-state index in [1.165, 1.54) is 6.07 Å². The Labute approximate surface area is 173 Å². The highest BCUT2D eigenvalue weighted by molar-refractivity contribution is 6.00. The lowest BCUT2D eigenvalue weighted by Gasteiger charge is -2.27. The van der Waals surface area contributed by atoms with E-state index in [1.807, 2.05) is 38.2 Å². The van der Waals surface area contributed by atoms with Crippen LogP contribution in [0.1, 0.15) is 16.8 Å². The van der Waals surface area contributed by atoms with Crippen LogP contribution in [0.3, 0.4) is 0 Å². The third-order valence-electron chi connectivity index (χ3n) is 4.80. The predicted octanol–water partition coefficient (Wildman–Crippen LogP) is 3.50. The summed E-state index contributed by atoms with van der Waals surface area (Å²) in [6.45, 7) is 2.81. The number of ether oxygens (including phenoxy) is 1. The molecule has 0 unspecified atom stereocenters. The van der Waals surface area contributed by atoms with Crippen LogP contribution < -0.4 is 20.3 Å². The van der Waals surface area contributed by atoms with Gasteiger partial charge in [0.15, 0.2) is 5.82 Å². The number of hydrogen-bond acceptors (Lipinski definition) is 6. The molecular formula is C22H22FN5O2. The molecule has 2 N–H and O–H groups in total. The third kappa shape index (κ3) is 4.32. The second-order valence-electron chi connectivity index (χ2n) is 7.11. The van der Waals surface area contributed by atoms with Gasteiger partial charge >= 0.3 is 0 Å². The number of anilines is 3. The van der Waals surface area contributed by atoms with Gasteiger partial charge in [-0.05, 0) is 30.7 Å². The fourth-order valence-corrected chi connectivity index (χ4v) is 3.19. The molecule has 0 radical (unpaired) electrons. The smallest absolute Gasteiger partial charge is 0.244 e. The maximum absolute atomic E-state index is 13.7. The first-order valence-electron chi connectivity index (χ1n) is 9.58. The number of carbonyl (C=O) groups excluding carboxylic acids is 1. The zero-order valence-corrected chi connectivity index (χ0v) is 16.8. The SMILES string of the molecule is Cc1nc(NCc2ccc(OCc3ccccc3F)cc2)nc2c1NC(=O)CN2C. The number of hydrogen-bond donors (Lipinski definition) is 2. The first-order chi connectivity index (χ1) is 14.5. The van der Waals surface area contributed by atoms with Gasteiger partial charge in [-0.3, -0.25) is 4.79 Å². The summed E-state index contributed by atoms with van der Waals surface area (Å²) in [5.74, 6) is 1.51. The summed E-state index contributed by atoms with van der Waals surface area (Å²) in [6.07, 6.45) is 0. The molecule has 3 aromatic rings. The van der Waals surface area contributed by atoms with Gasteiger partial charge in [0.1, 0.15) is 23.9 Å². The van der Waals surface area contributed by atoms with Crippen molar-refractivity contribution >= 4 is 23.4 Å². The summed E-state index contributed by atoms with van der Waals surface area (Å²) in [5, 5.41) is 6.04. The van der Waals surface area contributed by atoms with E-state index in [-0.39, 0.29) is 24.9 Å². The predicted molar refractivity (Wildman–Crippen MR) is 113 cm³/mol. The van der Waals surface area contributed by atoms with Crippen molar-refractivity contribution in [2.75, 3.05) is 29.1 Å². The van der Waals surface area contributed by atoms with Gasteiger partial charge in [0.2, 0.25) is 11.9 Å². The van der Waals surface area contributed by atoms with Crippen molar-refractivity contribution in [1.82, 2.24) is 9.97 Å². The molecule has 30 heavy (non-hydrogen) atoms. The van der Waals surface area contributed by atoms with E-state index in [0.717, 1.165) is 5.56 Å². The second-order valence-corrected chi connectivity index (χ2v) is 7.11. The van der Waals surface area contributed by atoms with Crippen molar-refractivity contribution < 1.29 is 13.9 Å². The molecule has 2 heterocycles. The van der Waals surface area contributed by atoms with Gasteiger partial charge in [0.25, 0.3) is 0 Å². The Balaban J connectivity index is 1.38. The third-order valence-corrected chi connectivity index (χ3v) is 4.80. The van der Waals surface area contributed by atoms with Crippen LogP contribution in [0, 0.1) is 12.7 Å². The Morgan fingerprint density at radius 3 is 2.70 bits per heavy atom. The van der Waals surface area contributed by atoms with Gasteiger partial charge in [0.05, 0.1) is 12.2 Å². The molecule has 0 saturated heterocycles. The lowest BCUT2D eigenvalue weighted by molar-refractivity contribution is -0.115. The second kappa shape index (κ2) is 8.36. The van der Waals surface area contributed by atoms with Crippen LogP contribution in [0.2, 0.25) is 0 Å². The van der Waals surface area contributed by atoms with Crippen molar-refractivity contribution in [2.24, 2.45) is 0 Å². The monoisotopic (exact) mass is 407 g/mol. The lowest BCUT2D eigenvalue weighted by atomic mass is 10.2. The number of carbonyl (C=O) groups is 1. The van der Waals surface area contributed by atoms with Gasteiger partial charge in [-0.2, -0.15) is 4.98 Å². The van der Waals surface area contributed by atoms with Crippen LogP contribution in [0.5, 0.6) is 5.75 Å².